The fourth-order valence-electron chi connectivity index (χ4n) is 2.26. The predicted molar refractivity (Wildman–Crippen MR) is 92.3 cm³/mol. The molecule has 0 N–H and O–H groups in total. The molecule has 4 heterocycles. The van der Waals surface area contributed by atoms with Gasteiger partial charge in [0.1, 0.15) is 5.65 Å². The molecule has 7 nitrogen and oxygen atoms in total. The summed E-state index contributed by atoms with van der Waals surface area (Å²) in [5.41, 5.74) is 1.26. The number of thiophene rings is 1. The number of pyridine rings is 1. The summed E-state index contributed by atoms with van der Waals surface area (Å²) in [6.07, 6.45) is 1.71. The van der Waals surface area contributed by atoms with Crippen LogP contribution in [0.1, 0.15) is 10.6 Å². The zero-order valence-electron chi connectivity index (χ0n) is 12.4. The molecule has 0 saturated carbocycles. The van der Waals surface area contributed by atoms with Crippen molar-refractivity contribution in [2.24, 2.45) is 0 Å². The highest BCUT2D eigenvalue weighted by molar-refractivity contribution is 7.98. The minimum absolute atomic E-state index is 0.0885. The monoisotopic (exact) mass is 356 g/mol. The van der Waals surface area contributed by atoms with Crippen molar-refractivity contribution < 1.29 is 0 Å². The maximum Gasteiger partial charge on any atom is 0.258 e. The standard InChI is InChI=1S/C15H12N6OS2/c22-14-8-11(16-13-5-1-2-6-20(13)14)10-24-15-17-18-19-21(15)9-12-4-3-7-23-12/h1-8H,9-10H2. The van der Waals surface area contributed by atoms with Crippen molar-refractivity contribution in [2.75, 3.05) is 0 Å². The normalized spacial score (nSPS) is 11.2. The van der Waals surface area contributed by atoms with E-state index in [-0.39, 0.29) is 5.56 Å². The first kappa shape index (κ1) is 15.0. The number of fused-ring (bicyclic) bond motifs is 1. The minimum Gasteiger partial charge on any atom is -0.269 e. The van der Waals surface area contributed by atoms with Gasteiger partial charge in [0, 0.05) is 22.9 Å². The van der Waals surface area contributed by atoms with Crippen molar-refractivity contribution in [3.63, 3.8) is 0 Å². The third-order valence-electron chi connectivity index (χ3n) is 3.36. The molecule has 0 bridgehead atoms. The molecule has 4 aromatic rings. The maximum atomic E-state index is 12.1. The van der Waals surface area contributed by atoms with Crippen molar-refractivity contribution in [1.29, 1.82) is 0 Å². The molecular formula is C15H12N6OS2. The zero-order chi connectivity index (χ0) is 16.4. The Bertz CT molecular complexity index is 1020. The third kappa shape index (κ3) is 3.08. The van der Waals surface area contributed by atoms with E-state index in [0.717, 1.165) is 0 Å². The summed E-state index contributed by atoms with van der Waals surface area (Å²) in [5, 5.41) is 14.6. The molecular weight excluding hydrogens is 344 g/mol. The molecule has 0 amide bonds. The Morgan fingerprint density at radius 3 is 3.04 bits per heavy atom. The van der Waals surface area contributed by atoms with Crippen molar-refractivity contribution in [1.82, 2.24) is 29.6 Å². The lowest BCUT2D eigenvalue weighted by Crippen LogP contribution is -2.14. The number of rotatable bonds is 5. The Balaban J connectivity index is 1.53. The number of thioether (sulfide) groups is 1. The van der Waals surface area contributed by atoms with Crippen LogP contribution in [0.5, 0.6) is 0 Å². The molecule has 0 atom stereocenters. The number of nitrogens with zero attached hydrogens (tertiary/aromatic N) is 6. The molecule has 4 rings (SSSR count). The second-order valence-corrected chi connectivity index (χ2v) is 6.98. The molecule has 0 saturated heterocycles. The average Bonchev–Trinajstić information content (AvgIpc) is 3.25. The van der Waals surface area contributed by atoms with Gasteiger partial charge in [0.05, 0.1) is 12.2 Å². The van der Waals surface area contributed by atoms with E-state index in [1.165, 1.54) is 21.0 Å². The Labute approximate surface area is 145 Å². The summed E-state index contributed by atoms with van der Waals surface area (Å²) in [5.74, 6) is 0.533. The highest BCUT2D eigenvalue weighted by atomic mass is 32.2. The van der Waals surface area contributed by atoms with Crippen molar-refractivity contribution in [2.45, 2.75) is 17.5 Å². The molecule has 0 unspecified atom stereocenters. The lowest BCUT2D eigenvalue weighted by atomic mass is 10.4. The molecule has 120 valence electrons. The molecule has 0 aliphatic heterocycles. The molecule has 0 aromatic carbocycles. The van der Waals surface area contributed by atoms with Gasteiger partial charge in [-0.05, 0) is 34.0 Å². The summed E-state index contributed by atoms with van der Waals surface area (Å²) in [4.78, 5) is 17.8. The molecule has 0 radical (unpaired) electrons. The van der Waals surface area contributed by atoms with Gasteiger partial charge in [-0.15, -0.1) is 16.4 Å². The smallest absolute Gasteiger partial charge is 0.258 e. The van der Waals surface area contributed by atoms with Crippen molar-refractivity contribution in [3.8, 4) is 0 Å². The van der Waals surface area contributed by atoms with E-state index >= 15 is 0 Å². The molecule has 4 aromatic heterocycles. The van der Waals surface area contributed by atoms with Crippen LogP contribution in [0.4, 0.5) is 0 Å². The Hall–Kier alpha value is -2.52. The van der Waals surface area contributed by atoms with Gasteiger partial charge in [-0.2, -0.15) is 0 Å². The lowest BCUT2D eigenvalue weighted by molar-refractivity contribution is 0.608. The van der Waals surface area contributed by atoms with Gasteiger partial charge in [-0.3, -0.25) is 9.20 Å². The quantitative estimate of drug-likeness (QED) is 0.510. The summed E-state index contributed by atoms with van der Waals surface area (Å²) in [7, 11) is 0. The Morgan fingerprint density at radius 2 is 2.17 bits per heavy atom. The van der Waals surface area contributed by atoms with Gasteiger partial charge in [-0.1, -0.05) is 23.9 Å². The zero-order valence-corrected chi connectivity index (χ0v) is 14.1. The summed E-state index contributed by atoms with van der Waals surface area (Å²) < 4.78 is 3.28. The largest absolute Gasteiger partial charge is 0.269 e. The van der Waals surface area contributed by atoms with E-state index in [9.17, 15) is 4.79 Å². The van der Waals surface area contributed by atoms with E-state index in [2.05, 4.69) is 20.5 Å². The minimum atomic E-state index is -0.0885. The highest BCUT2D eigenvalue weighted by Crippen LogP contribution is 2.20. The van der Waals surface area contributed by atoms with Crippen LogP contribution in [0.3, 0.4) is 0 Å². The van der Waals surface area contributed by atoms with Crippen LogP contribution in [0.2, 0.25) is 0 Å². The van der Waals surface area contributed by atoms with Gasteiger partial charge >= 0.3 is 0 Å². The van der Waals surface area contributed by atoms with Gasteiger partial charge in [0.2, 0.25) is 5.16 Å². The Kier molecular flexibility index (Phi) is 4.09. The van der Waals surface area contributed by atoms with E-state index in [0.29, 0.717) is 28.8 Å². The topological polar surface area (TPSA) is 78.0 Å². The van der Waals surface area contributed by atoms with Gasteiger partial charge in [0.15, 0.2) is 0 Å². The third-order valence-corrected chi connectivity index (χ3v) is 5.21. The number of tetrazole rings is 1. The molecule has 0 aliphatic rings. The lowest BCUT2D eigenvalue weighted by Gasteiger charge is -2.04. The van der Waals surface area contributed by atoms with Crippen molar-refractivity contribution in [3.05, 3.63) is 68.9 Å². The number of hydrogen-bond donors (Lipinski definition) is 0. The van der Waals surface area contributed by atoms with Crippen LogP contribution in [0.15, 0.2) is 57.9 Å². The molecule has 0 aliphatic carbocycles. The maximum absolute atomic E-state index is 12.1. The van der Waals surface area contributed by atoms with Crippen LogP contribution in [0.25, 0.3) is 5.65 Å². The molecule has 24 heavy (non-hydrogen) atoms. The van der Waals surface area contributed by atoms with E-state index in [4.69, 9.17) is 0 Å². The molecule has 0 spiro atoms. The summed E-state index contributed by atoms with van der Waals surface area (Å²) >= 11 is 3.13. The SMILES string of the molecule is O=c1cc(CSc2nnnn2Cc2cccs2)nc2ccccn12. The molecule has 9 heteroatoms. The summed E-state index contributed by atoms with van der Waals surface area (Å²) in [6.45, 7) is 0.640. The van der Waals surface area contributed by atoms with Crippen LogP contribution in [0, 0.1) is 0 Å². The van der Waals surface area contributed by atoms with Gasteiger partial charge in [-0.25, -0.2) is 9.67 Å². The predicted octanol–water partition coefficient (Wildman–Crippen LogP) is 2.08. The van der Waals surface area contributed by atoms with Crippen LogP contribution in [-0.2, 0) is 12.3 Å². The Morgan fingerprint density at radius 1 is 1.21 bits per heavy atom. The van der Waals surface area contributed by atoms with Gasteiger partial charge < -0.3 is 0 Å². The van der Waals surface area contributed by atoms with E-state index in [1.807, 2.05) is 35.7 Å². The fraction of sp³-hybridized carbons (Fsp3) is 0.133. The second kappa shape index (κ2) is 6.54. The highest BCUT2D eigenvalue weighted by Gasteiger charge is 2.10. The van der Waals surface area contributed by atoms with Crippen LogP contribution in [-0.4, -0.2) is 29.6 Å². The summed E-state index contributed by atoms with van der Waals surface area (Å²) in [6, 6.07) is 11.1. The fourth-order valence-corrected chi connectivity index (χ4v) is 3.72. The van der Waals surface area contributed by atoms with Crippen LogP contribution >= 0.6 is 23.1 Å². The number of hydrogen-bond acceptors (Lipinski definition) is 7. The molecule has 0 fully saturated rings. The number of aromatic nitrogens is 6. The van der Waals surface area contributed by atoms with Gasteiger partial charge in [0.25, 0.3) is 5.56 Å². The first-order valence-electron chi connectivity index (χ1n) is 7.18. The first-order valence-corrected chi connectivity index (χ1v) is 9.05. The first-order chi connectivity index (χ1) is 11.8. The van der Waals surface area contributed by atoms with E-state index in [1.54, 1.807) is 28.3 Å². The van der Waals surface area contributed by atoms with E-state index < -0.39 is 0 Å². The van der Waals surface area contributed by atoms with Crippen LogP contribution < -0.4 is 5.56 Å². The second-order valence-electron chi connectivity index (χ2n) is 5.00. The van der Waals surface area contributed by atoms with Crippen molar-refractivity contribution >= 4 is 28.7 Å². The average molecular weight is 356 g/mol.